The highest BCUT2D eigenvalue weighted by Gasteiger charge is 2.66. The third-order valence-corrected chi connectivity index (χ3v) is 8.74. The predicted octanol–water partition coefficient (Wildman–Crippen LogP) is 4.78. The van der Waals surface area contributed by atoms with Crippen LogP contribution in [0.1, 0.15) is 78.6 Å². The minimum atomic E-state index is -0.366. The van der Waals surface area contributed by atoms with Crippen molar-refractivity contribution in [3.63, 3.8) is 0 Å². The molecule has 4 aliphatic rings. The van der Waals surface area contributed by atoms with Crippen molar-refractivity contribution in [3.05, 3.63) is 0 Å². The van der Waals surface area contributed by atoms with E-state index in [4.69, 9.17) is 0 Å². The van der Waals surface area contributed by atoms with E-state index >= 15 is 0 Å². The minimum Gasteiger partial charge on any atom is -0.390 e. The zero-order chi connectivity index (χ0) is 14.2. The summed E-state index contributed by atoms with van der Waals surface area (Å²) >= 11 is 0. The lowest BCUT2D eigenvalue weighted by Crippen LogP contribution is -2.56. The lowest BCUT2D eigenvalue weighted by atomic mass is 9.42. The van der Waals surface area contributed by atoms with Crippen LogP contribution in [0.2, 0.25) is 0 Å². The summed E-state index contributed by atoms with van der Waals surface area (Å²) in [5.41, 5.74) is 0.811. The molecule has 4 aliphatic carbocycles. The molecule has 0 radical (unpaired) electrons. The Hall–Kier alpha value is -0.0400. The monoisotopic (exact) mass is 276 g/mol. The maximum absolute atomic E-state index is 10.7. The number of rotatable bonds is 0. The molecule has 114 valence electrons. The first-order valence-corrected chi connectivity index (χ1v) is 9.11. The first-order chi connectivity index (χ1) is 9.39. The van der Waals surface area contributed by atoms with E-state index in [0.717, 1.165) is 24.2 Å². The SMILES string of the molecule is C[C@@H]1CCC[C@@]2(C)[C@H]1CC[C@H]1C[C@@H]3C[C@@]12CC[C@@]3(C)O. The largest absolute Gasteiger partial charge is 0.390 e. The van der Waals surface area contributed by atoms with Crippen LogP contribution in [0.4, 0.5) is 0 Å². The fourth-order valence-corrected chi connectivity index (χ4v) is 7.51. The van der Waals surface area contributed by atoms with Crippen LogP contribution >= 0.6 is 0 Å². The van der Waals surface area contributed by atoms with Gasteiger partial charge < -0.3 is 5.11 Å². The Bertz CT molecular complexity index is 414. The highest BCUT2D eigenvalue weighted by atomic mass is 16.3. The van der Waals surface area contributed by atoms with E-state index in [2.05, 4.69) is 20.8 Å². The average molecular weight is 276 g/mol. The molecule has 4 saturated carbocycles. The van der Waals surface area contributed by atoms with Crippen LogP contribution < -0.4 is 0 Å². The molecule has 1 nitrogen and oxygen atoms in total. The van der Waals surface area contributed by atoms with Crippen LogP contribution in [-0.2, 0) is 0 Å². The summed E-state index contributed by atoms with van der Waals surface area (Å²) in [6.07, 6.45) is 12.3. The molecule has 1 N–H and O–H groups in total. The van der Waals surface area contributed by atoms with Gasteiger partial charge in [0.25, 0.3) is 0 Å². The lowest BCUT2D eigenvalue weighted by molar-refractivity contribution is -0.151. The second-order valence-corrected chi connectivity index (χ2v) is 9.32. The number of hydrogen-bond donors (Lipinski definition) is 1. The zero-order valence-electron chi connectivity index (χ0n) is 13.6. The van der Waals surface area contributed by atoms with Gasteiger partial charge in [-0.25, -0.2) is 0 Å². The van der Waals surface area contributed by atoms with Crippen LogP contribution in [-0.4, -0.2) is 10.7 Å². The first-order valence-electron chi connectivity index (χ1n) is 9.11. The smallest absolute Gasteiger partial charge is 0.0648 e. The van der Waals surface area contributed by atoms with Crippen LogP contribution in [0.5, 0.6) is 0 Å². The second kappa shape index (κ2) is 4.03. The van der Waals surface area contributed by atoms with E-state index in [0.29, 0.717) is 16.7 Å². The molecule has 0 amide bonds. The summed E-state index contributed by atoms with van der Waals surface area (Å²) < 4.78 is 0. The molecule has 4 fully saturated rings. The van der Waals surface area contributed by atoms with Gasteiger partial charge in [-0.05, 0) is 86.4 Å². The molecule has 0 heterocycles. The number of aliphatic hydroxyl groups is 1. The summed E-state index contributed by atoms with van der Waals surface area (Å²) in [5.74, 6) is 3.42. The van der Waals surface area contributed by atoms with E-state index in [-0.39, 0.29) is 5.60 Å². The van der Waals surface area contributed by atoms with Crippen LogP contribution in [0.25, 0.3) is 0 Å². The van der Waals surface area contributed by atoms with E-state index in [1.165, 1.54) is 51.4 Å². The summed E-state index contributed by atoms with van der Waals surface area (Å²) in [6, 6.07) is 0. The Labute approximate surface area is 124 Å². The highest BCUT2D eigenvalue weighted by molar-refractivity contribution is 5.16. The molecular formula is C19H32O. The van der Waals surface area contributed by atoms with Crippen molar-refractivity contribution < 1.29 is 5.11 Å². The van der Waals surface area contributed by atoms with Gasteiger partial charge in [0.2, 0.25) is 0 Å². The summed E-state index contributed by atoms with van der Waals surface area (Å²) in [5, 5.41) is 10.7. The number of fused-ring (bicyclic) bond motifs is 2. The van der Waals surface area contributed by atoms with Crippen molar-refractivity contribution in [2.24, 2.45) is 34.5 Å². The van der Waals surface area contributed by atoms with Crippen molar-refractivity contribution in [1.29, 1.82) is 0 Å². The van der Waals surface area contributed by atoms with Gasteiger partial charge in [0, 0.05) is 0 Å². The molecule has 0 aromatic heterocycles. The predicted molar refractivity (Wildman–Crippen MR) is 82.4 cm³/mol. The Kier molecular flexibility index (Phi) is 2.74. The van der Waals surface area contributed by atoms with Crippen molar-refractivity contribution in [2.45, 2.75) is 84.2 Å². The molecule has 20 heavy (non-hydrogen) atoms. The van der Waals surface area contributed by atoms with Crippen molar-refractivity contribution >= 4 is 0 Å². The van der Waals surface area contributed by atoms with Gasteiger partial charge in [-0.1, -0.05) is 26.7 Å². The van der Waals surface area contributed by atoms with Gasteiger partial charge in [0.05, 0.1) is 5.60 Å². The molecule has 0 saturated heterocycles. The first kappa shape index (κ1) is 13.6. The van der Waals surface area contributed by atoms with Gasteiger partial charge in [0.1, 0.15) is 0 Å². The molecule has 7 atom stereocenters. The fraction of sp³-hybridized carbons (Fsp3) is 1.00. The maximum atomic E-state index is 10.7. The third kappa shape index (κ3) is 1.49. The fourth-order valence-electron chi connectivity index (χ4n) is 7.51. The Morgan fingerprint density at radius 1 is 0.950 bits per heavy atom. The van der Waals surface area contributed by atoms with Crippen molar-refractivity contribution in [2.75, 3.05) is 0 Å². The topological polar surface area (TPSA) is 20.2 Å². The van der Waals surface area contributed by atoms with Gasteiger partial charge >= 0.3 is 0 Å². The van der Waals surface area contributed by atoms with E-state index in [1.54, 1.807) is 0 Å². The zero-order valence-corrected chi connectivity index (χ0v) is 13.6. The molecule has 0 aromatic rings. The van der Waals surface area contributed by atoms with Crippen molar-refractivity contribution in [3.8, 4) is 0 Å². The molecule has 0 aliphatic heterocycles. The standard InChI is InChI=1S/C19H32O/c1-13-5-4-8-17(2)16(13)7-6-14-11-15-12-19(14,17)10-9-18(15,3)20/h13-16,20H,4-12H2,1-3H3/t13-,14+,15-,16+,17+,18-,19+/m1/s1. The third-order valence-electron chi connectivity index (χ3n) is 8.74. The quantitative estimate of drug-likeness (QED) is 0.675. The van der Waals surface area contributed by atoms with Crippen LogP contribution in [0.3, 0.4) is 0 Å². The lowest BCUT2D eigenvalue weighted by Gasteiger charge is -2.63. The minimum absolute atomic E-state index is 0.366. The van der Waals surface area contributed by atoms with Gasteiger partial charge in [0.15, 0.2) is 0 Å². The van der Waals surface area contributed by atoms with Gasteiger partial charge in [-0.3, -0.25) is 0 Å². The van der Waals surface area contributed by atoms with Crippen LogP contribution in [0, 0.1) is 34.5 Å². The van der Waals surface area contributed by atoms with E-state index in [1.807, 2.05) is 0 Å². The van der Waals surface area contributed by atoms with E-state index in [9.17, 15) is 5.11 Å². The Balaban J connectivity index is 1.75. The summed E-state index contributed by atoms with van der Waals surface area (Å²) in [6.45, 7) is 7.29. The molecular weight excluding hydrogens is 244 g/mol. The molecule has 0 aromatic carbocycles. The molecule has 1 heteroatoms. The Morgan fingerprint density at radius 3 is 2.55 bits per heavy atom. The highest BCUT2D eigenvalue weighted by Crippen LogP contribution is 2.73. The molecule has 4 rings (SSSR count). The molecule has 2 bridgehead atoms. The van der Waals surface area contributed by atoms with Gasteiger partial charge in [-0.2, -0.15) is 0 Å². The Morgan fingerprint density at radius 2 is 1.75 bits per heavy atom. The summed E-state index contributed by atoms with van der Waals surface area (Å²) in [4.78, 5) is 0. The second-order valence-electron chi connectivity index (χ2n) is 9.32. The van der Waals surface area contributed by atoms with Crippen LogP contribution in [0.15, 0.2) is 0 Å². The molecule has 1 spiro atoms. The van der Waals surface area contributed by atoms with E-state index < -0.39 is 0 Å². The maximum Gasteiger partial charge on any atom is 0.0648 e. The normalized spacial score (nSPS) is 61.8. The summed E-state index contributed by atoms with van der Waals surface area (Å²) in [7, 11) is 0. The van der Waals surface area contributed by atoms with Gasteiger partial charge in [-0.15, -0.1) is 0 Å². The number of hydrogen-bond acceptors (Lipinski definition) is 1. The molecule has 0 unspecified atom stereocenters. The average Bonchev–Trinajstić information content (AvgIpc) is 2.73. The van der Waals surface area contributed by atoms with Crippen molar-refractivity contribution in [1.82, 2.24) is 0 Å².